The van der Waals surface area contributed by atoms with Gasteiger partial charge in [0.05, 0.1) is 31.1 Å². The molecule has 168 valence electrons. The first-order valence-corrected chi connectivity index (χ1v) is 11.4. The second-order valence-electron chi connectivity index (χ2n) is 6.64. The minimum Gasteiger partial charge on any atom is -0.465 e. The highest BCUT2D eigenvalue weighted by atomic mass is 32.2. The third-order valence-electron chi connectivity index (χ3n) is 4.49. The molecule has 32 heavy (non-hydrogen) atoms. The maximum absolute atomic E-state index is 12.5. The van der Waals surface area contributed by atoms with Crippen LogP contribution in [0.15, 0.2) is 34.8 Å². The molecular weight excluding hydrogens is 452 g/mol. The number of rotatable bonds is 8. The lowest BCUT2D eigenvalue weighted by Gasteiger charge is -2.09. The minimum absolute atomic E-state index is 0.0613. The lowest BCUT2D eigenvalue weighted by molar-refractivity contribution is -0.113. The molecular formula is C21H22N4O5S2. The van der Waals surface area contributed by atoms with E-state index in [0.717, 1.165) is 17.8 Å². The Hall–Kier alpha value is -3.18. The largest absolute Gasteiger partial charge is 0.465 e. The van der Waals surface area contributed by atoms with E-state index in [1.807, 2.05) is 17.0 Å². The van der Waals surface area contributed by atoms with E-state index in [2.05, 4.69) is 28.5 Å². The fourth-order valence-electron chi connectivity index (χ4n) is 2.87. The second-order valence-corrected chi connectivity index (χ2v) is 8.58. The number of aromatic nitrogens is 3. The van der Waals surface area contributed by atoms with Gasteiger partial charge < -0.3 is 19.4 Å². The van der Waals surface area contributed by atoms with E-state index in [1.165, 1.54) is 49.1 Å². The van der Waals surface area contributed by atoms with Crippen LogP contribution in [0, 0.1) is 0 Å². The van der Waals surface area contributed by atoms with Crippen LogP contribution in [0.1, 0.15) is 32.5 Å². The zero-order valence-electron chi connectivity index (χ0n) is 18.0. The molecule has 0 spiro atoms. The number of nitrogens with one attached hydrogen (secondary N) is 1. The number of esters is 2. The standard InChI is InChI=1S/C21H22N4O5S2/c1-5-16-9-14(10-31-16)18-23-24-21(25(18)2)32-11-17(26)22-15-7-12(19(27)29-3)6-13(8-15)20(28)30-4/h6-10H,5,11H2,1-4H3,(H,22,26). The molecule has 0 bridgehead atoms. The van der Waals surface area contributed by atoms with Crippen molar-refractivity contribution in [2.75, 3.05) is 25.3 Å². The van der Waals surface area contributed by atoms with E-state index < -0.39 is 11.9 Å². The number of thioether (sulfide) groups is 1. The van der Waals surface area contributed by atoms with Crippen LogP contribution < -0.4 is 5.32 Å². The predicted molar refractivity (Wildman–Crippen MR) is 122 cm³/mol. The summed E-state index contributed by atoms with van der Waals surface area (Å²) in [5, 5.41) is 13.7. The van der Waals surface area contributed by atoms with Crippen LogP contribution in [0.25, 0.3) is 11.4 Å². The van der Waals surface area contributed by atoms with Crippen molar-refractivity contribution >= 4 is 46.6 Å². The van der Waals surface area contributed by atoms with Gasteiger partial charge in [-0.2, -0.15) is 0 Å². The molecule has 1 amide bonds. The molecule has 2 aromatic heterocycles. The number of methoxy groups -OCH3 is 2. The Balaban J connectivity index is 1.70. The third-order valence-corrected chi connectivity index (χ3v) is 6.59. The maximum atomic E-state index is 12.5. The van der Waals surface area contributed by atoms with Gasteiger partial charge in [0.25, 0.3) is 0 Å². The number of thiophene rings is 1. The molecule has 0 unspecified atom stereocenters. The first kappa shape index (κ1) is 23.5. The summed E-state index contributed by atoms with van der Waals surface area (Å²) in [5.74, 6) is -0.802. The van der Waals surface area contributed by atoms with Crippen molar-refractivity contribution < 1.29 is 23.9 Å². The Kier molecular flexibility index (Phi) is 7.65. The minimum atomic E-state index is -0.632. The van der Waals surface area contributed by atoms with Crippen molar-refractivity contribution in [3.05, 3.63) is 45.6 Å². The number of anilines is 1. The van der Waals surface area contributed by atoms with Gasteiger partial charge in [-0.15, -0.1) is 21.5 Å². The highest BCUT2D eigenvalue weighted by Gasteiger charge is 2.17. The fraction of sp³-hybridized carbons (Fsp3) is 0.286. The van der Waals surface area contributed by atoms with Gasteiger partial charge in [0.1, 0.15) is 0 Å². The first-order valence-electron chi connectivity index (χ1n) is 9.57. The molecule has 3 rings (SSSR count). The van der Waals surface area contributed by atoms with Gasteiger partial charge in [-0.05, 0) is 30.7 Å². The quantitative estimate of drug-likeness (QED) is 0.390. The van der Waals surface area contributed by atoms with E-state index in [0.29, 0.717) is 5.16 Å². The summed E-state index contributed by atoms with van der Waals surface area (Å²) in [6, 6.07) is 6.30. The Morgan fingerprint density at radius 1 is 1.06 bits per heavy atom. The van der Waals surface area contributed by atoms with Crippen LogP contribution in [0.3, 0.4) is 0 Å². The van der Waals surface area contributed by atoms with Crippen molar-refractivity contribution in [2.24, 2.45) is 7.05 Å². The summed E-state index contributed by atoms with van der Waals surface area (Å²) in [7, 11) is 4.31. The molecule has 0 radical (unpaired) electrons. The molecule has 0 atom stereocenters. The van der Waals surface area contributed by atoms with E-state index in [4.69, 9.17) is 9.47 Å². The van der Waals surface area contributed by atoms with Crippen LogP contribution in [-0.2, 0) is 27.7 Å². The number of aryl methyl sites for hydroxylation is 1. The van der Waals surface area contributed by atoms with Gasteiger partial charge in [-0.25, -0.2) is 9.59 Å². The molecule has 0 saturated heterocycles. The summed E-state index contributed by atoms with van der Waals surface area (Å²) >= 11 is 2.90. The zero-order valence-corrected chi connectivity index (χ0v) is 19.6. The Labute approximate surface area is 193 Å². The van der Waals surface area contributed by atoms with E-state index in [9.17, 15) is 14.4 Å². The molecule has 9 nitrogen and oxygen atoms in total. The lowest BCUT2D eigenvalue weighted by Crippen LogP contribution is -2.16. The number of carbonyl (C=O) groups excluding carboxylic acids is 3. The molecule has 0 aliphatic heterocycles. The molecule has 3 aromatic rings. The molecule has 2 heterocycles. The zero-order chi connectivity index (χ0) is 23.3. The SMILES string of the molecule is CCc1cc(-c2nnc(SCC(=O)Nc3cc(C(=O)OC)cc(C(=O)OC)c3)n2C)cs1. The fourth-order valence-corrected chi connectivity index (χ4v) is 4.40. The van der Waals surface area contributed by atoms with Gasteiger partial charge in [0.2, 0.25) is 5.91 Å². The van der Waals surface area contributed by atoms with Gasteiger partial charge >= 0.3 is 11.9 Å². The van der Waals surface area contributed by atoms with Crippen LogP contribution >= 0.6 is 23.1 Å². The topological polar surface area (TPSA) is 112 Å². The summed E-state index contributed by atoms with van der Waals surface area (Å²) in [4.78, 5) is 37.5. The Morgan fingerprint density at radius 3 is 2.28 bits per heavy atom. The highest BCUT2D eigenvalue weighted by Crippen LogP contribution is 2.27. The normalized spacial score (nSPS) is 10.6. The van der Waals surface area contributed by atoms with E-state index >= 15 is 0 Å². The van der Waals surface area contributed by atoms with Crippen molar-refractivity contribution in [2.45, 2.75) is 18.5 Å². The molecule has 0 aliphatic rings. The van der Waals surface area contributed by atoms with E-state index in [-0.39, 0.29) is 28.5 Å². The molecule has 11 heteroatoms. The highest BCUT2D eigenvalue weighted by molar-refractivity contribution is 7.99. The molecule has 1 N–H and O–H groups in total. The number of hydrogen-bond donors (Lipinski definition) is 1. The summed E-state index contributed by atoms with van der Waals surface area (Å²) in [6.07, 6.45) is 0.958. The Morgan fingerprint density at radius 2 is 1.72 bits per heavy atom. The monoisotopic (exact) mass is 474 g/mol. The number of benzene rings is 1. The van der Waals surface area contributed by atoms with Crippen LogP contribution in [0.2, 0.25) is 0 Å². The van der Waals surface area contributed by atoms with Crippen molar-refractivity contribution in [3.63, 3.8) is 0 Å². The van der Waals surface area contributed by atoms with Crippen LogP contribution in [-0.4, -0.2) is 52.6 Å². The molecule has 1 aromatic carbocycles. The number of nitrogens with zero attached hydrogens (tertiary/aromatic N) is 3. The van der Waals surface area contributed by atoms with Crippen molar-refractivity contribution in [1.29, 1.82) is 0 Å². The molecule has 0 saturated carbocycles. The van der Waals surface area contributed by atoms with Gasteiger partial charge in [0.15, 0.2) is 11.0 Å². The average molecular weight is 475 g/mol. The smallest absolute Gasteiger partial charge is 0.337 e. The summed E-state index contributed by atoms with van der Waals surface area (Å²) in [6.45, 7) is 2.10. The number of ether oxygens (including phenoxy) is 2. The van der Waals surface area contributed by atoms with Crippen LogP contribution in [0.4, 0.5) is 5.69 Å². The molecule has 0 fully saturated rings. The third kappa shape index (κ3) is 5.35. The van der Waals surface area contributed by atoms with Gasteiger partial charge in [0, 0.05) is 28.6 Å². The summed E-state index contributed by atoms with van der Waals surface area (Å²) < 4.78 is 11.3. The maximum Gasteiger partial charge on any atom is 0.337 e. The van der Waals surface area contributed by atoms with Crippen LogP contribution in [0.5, 0.6) is 0 Å². The van der Waals surface area contributed by atoms with E-state index in [1.54, 1.807) is 11.3 Å². The van der Waals surface area contributed by atoms with Crippen molar-refractivity contribution in [1.82, 2.24) is 14.8 Å². The second kappa shape index (κ2) is 10.4. The first-order chi connectivity index (χ1) is 15.4. The van der Waals surface area contributed by atoms with Crippen molar-refractivity contribution in [3.8, 4) is 11.4 Å². The summed E-state index contributed by atoms with van der Waals surface area (Å²) in [5.41, 5.74) is 1.52. The Bertz CT molecular complexity index is 1120. The molecule has 0 aliphatic carbocycles. The predicted octanol–water partition coefficient (Wildman–Crippen LogP) is 3.41. The number of hydrogen-bond acceptors (Lipinski definition) is 9. The number of carbonyl (C=O) groups is 3. The average Bonchev–Trinajstić information content (AvgIpc) is 3.42. The van der Waals surface area contributed by atoms with Gasteiger partial charge in [-0.3, -0.25) is 4.79 Å². The van der Waals surface area contributed by atoms with Gasteiger partial charge in [-0.1, -0.05) is 18.7 Å². The lowest BCUT2D eigenvalue weighted by atomic mass is 10.1. The number of amides is 1.